The average Bonchev–Trinajstić information content (AvgIpc) is 3.74. The van der Waals surface area contributed by atoms with Gasteiger partial charge in [-0.15, -0.1) is 0 Å². The molecule has 13 nitrogen and oxygen atoms in total. The first-order valence-electron chi connectivity index (χ1n) is 29.9. The largest absolute Gasteiger partial charge is 0.456 e. The molecular weight excluding hydrogens is 1090 g/mol. The average molecular weight is 1190 g/mol. The maximum absolute atomic E-state index is 14.3. The highest BCUT2D eigenvalue weighted by Gasteiger charge is 2.56. The minimum atomic E-state index is -2.53. The molecule has 6 heterocycles. The van der Waals surface area contributed by atoms with E-state index in [-0.39, 0.29) is 104 Å². The lowest BCUT2D eigenvalue weighted by atomic mass is 9.79. The zero-order valence-electron chi connectivity index (χ0n) is 51.8. The summed E-state index contributed by atoms with van der Waals surface area (Å²) in [6, 6.07) is 0. The number of hydrogen-bond acceptors (Lipinski definition) is 13. The Balaban J connectivity index is 1.40. The first kappa shape index (κ1) is 66.8. The van der Waals surface area contributed by atoms with Crippen LogP contribution in [0.1, 0.15) is 154 Å². The number of hydrogen-bond donors (Lipinski definition) is 0. The molecule has 0 spiro atoms. The van der Waals surface area contributed by atoms with Crippen molar-refractivity contribution in [1.82, 2.24) is 0 Å². The van der Waals surface area contributed by atoms with Crippen molar-refractivity contribution in [2.75, 3.05) is 6.16 Å². The number of ketones is 1. The van der Waals surface area contributed by atoms with E-state index < -0.39 is 73.6 Å². The number of fused-ring (bicyclic) bond motifs is 8. The summed E-state index contributed by atoms with van der Waals surface area (Å²) in [4.78, 5) is 28.5. The molecule has 0 aromatic heterocycles. The van der Waals surface area contributed by atoms with Crippen molar-refractivity contribution in [2.45, 2.75) is 299 Å². The van der Waals surface area contributed by atoms with Gasteiger partial charge >= 0.3 is 5.97 Å². The van der Waals surface area contributed by atoms with Crippen molar-refractivity contribution < 1.29 is 60.4 Å². The van der Waals surface area contributed by atoms with Gasteiger partial charge in [-0.05, 0) is 135 Å². The Labute approximate surface area is 483 Å². The Bertz CT molecular complexity index is 2200. The van der Waals surface area contributed by atoms with Crippen LogP contribution in [0.5, 0.6) is 0 Å². The molecule has 79 heavy (non-hydrogen) atoms. The van der Waals surface area contributed by atoms with E-state index in [1.807, 2.05) is 19.1 Å². The number of rotatable bonds is 10. The molecule has 0 saturated carbocycles. The predicted molar refractivity (Wildman–Crippen MR) is 323 cm³/mol. The minimum Gasteiger partial charge on any atom is -0.456 e. The van der Waals surface area contributed by atoms with Crippen LogP contribution in [-0.4, -0.2) is 134 Å². The van der Waals surface area contributed by atoms with Gasteiger partial charge < -0.3 is 41.7 Å². The van der Waals surface area contributed by atoms with Crippen molar-refractivity contribution in [1.29, 1.82) is 0 Å². The summed E-state index contributed by atoms with van der Waals surface area (Å²) in [7, 11) is -7.52. The maximum Gasteiger partial charge on any atom is 0.330 e. The molecule has 0 aromatic rings. The monoisotopic (exact) mass is 1190 g/mol. The molecule has 0 radical (unpaired) electrons. The number of ether oxygens (including phenoxy) is 6. The van der Waals surface area contributed by atoms with Gasteiger partial charge in [-0.3, -0.25) is 13.9 Å². The first-order chi connectivity index (χ1) is 36.6. The van der Waals surface area contributed by atoms with Crippen LogP contribution in [0.2, 0.25) is 54.4 Å². The quantitative estimate of drug-likeness (QED) is 0.0884. The Morgan fingerprint density at radius 1 is 0.633 bits per heavy atom. The van der Waals surface area contributed by atoms with Gasteiger partial charge in [0, 0.05) is 36.9 Å². The van der Waals surface area contributed by atoms with Crippen LogP contribution in [0.25, 0.3) is 0 Å². The fourth-order valence-corrected chi connectivity index (χ4v) is 16.6. The number of allylic oxidation sites excluding steroid dienone is 2. The molecule has 0 amide bonds. The topological polar surface area (TPSA) is 151 Å². The SMILES string of the molecule is C=C1C[C@@H]2CCC(=O)/C=C/[C@H](O[Si](C)(C)C(C)(C)C)[C@@H]3O[C@@H](CCC=CC(=O)OC4C(C[C@H]5OC(CC[C@@H]1O2)C[C@@H](C)C5=C)O[C@H]1C[C@@H](P=O)[C@@H](CCP=O)O[C@H]1[C@@H]4C)[C@H](C)[C@H](O[Si](C)(C)C(C)(C)C)[C@@H]3O[Si](C)(C)C(C)(C)C. The van der Waals surface area contributed by atoms with Gasteiger partial charge in [0.25, 0.3) is 0 Å². The van der Waals surface area contributed by atoms with E-state index in [0.29, 0.717) is 57.5 Å². The second-order valence-electron chi connectivity index (χ2n) is 28.9. The van der Waals surface area contributed by atoms with Gasteiger partial charge in [-0.1, -0.05) is 108 Å². The molecule has 0 aromatic carbocycles. The first-order valence-corrected chi connectivity index (χ1v) is 40.5. The van der Waals surface area contributed by atoms with Gasteiger partial charge in [0.1, 0.15) is 12.2 Å². The Morgan fingerprint density at radius 3 is 1.86 bits per heavy atom. The zero-order chi connectivity index (χ0) is 58.8. The summed E-state index contributed by atoms with van der Waals surface area (Å²) in [6.07, 6.45) is 8.22. The maximum atomic E-state index is 14.3. The Hall–Kier alpha value is -1.37. The predicted octanol–water partition coefficient (Wildman–Crippen LogP) is 14.9. The summed E-state index contributed by atoms with van der Waals surface area (Å²) in [6.45, 7) is 49.4. The molecule has 6 rings (SSSR count). The van der Waals surface area contributed by atoms with E-state index in [0.717, 1.165) is 30.4 Å². The molecule has 6 aliphatic rings. The Morgan fingerprint density at radius 2 is 1.24 bits per heavy atom. The second-order valence-corrected chi connectivity index (χ2v) is 44.8. The van der Waals surface area contributed by atoms with Gasteiger partial charge in [0.15, 0.2) is 47.7 Å². The normalized spacial score (nSPS) is 38.1. The van der Waals surface area contributed by atoms with Crippen molar-refractivity contribution in [3.8, 4) is 0 Å². The second kappa shape index (κ2) is 26.9. The van der Waals surface area contributed by atoms with Gasteiger partial charge in [-0.2, -0.15) is 0 Å². The van der Waals surface area contributed by atoms with Gasteiger partial charge in [0.05, 0.1) is 78.9 Å². The van der Waals surface area contributed by atoms with Crippen LogP contribution in [-0.2, 0) is 60.4 Å². The molecule has 0 N–H and O–H groups in total. The van der Waals surface area contributed by atoms with Crippen molar-refractivity contribution in [3.05, 3.63) is 48.6 Å². The highest BCUT2D eigenvalue weighted by atomic mass is 31.1. The molecule has 448 valence electrons. The van der Waals surface area contributed by atoms with Crippen LogP contribution in [0.3, 0.4) is 0 Å². The van der Waals surface area contributed by atoms with E-state index in [1.165, 1.54) is 6.08 Å². The molecule has 18 heteroatoms. The molecule has 18 atom stereocenters. The van der Waals surface area contributed by atoms with Crippen molar-refractivity contribution in [2.24, 2.45) is 17.8 Å². The lowest BCUT2D eigenvalue weighted by Crippen LogP contribution is -2.65. The highest BCUT2D eigenvalue weighted by Crippen LogP contribution is 2.48. The van der Waals surface area contributed by atoms with Gasteiger partial charge in [0.2, 0.25) is 0 Å². The summed E-state index contributed by atoms with van der Waals surface area (Å²) in [5, 5.41) is -0.382. The fourth-order valence-electron chi connectivity index (χ4n) is 11.6. The molecule has 3 unspecified atom stereocenters. The smallest absolute Gasteiger partial charge is 0.330 e. The molecule has 6 aliphatic heterocycles. The van der Waals surface area contributed by atoms with E-state index in [9.17, 15) is 18.7 Å². The van der Waals surface area contributed by atoms with Crippen LogP contribution >= 0.6 is 16.9 Å². The fraction of sp³-hybridized carbons (Fsp3) is 0.836. The van der Waals surface area contributed by atoms with E-state index in [4.69, 9.17) is 41.7 Å². The summed E-state index contributed by atoms with van der Waals surface area (Å²) < 4.78 is 88.1. The number of carbonyl (C=O) groups is 2. The third-order valence-corrected chi connectivity index (χ3v) is 34.6. The van der Waals surface area contributed by atoms with Crippen LogP contribution < -0.4 is 0 Å². The molecular formula is C61H104O13P2Si3. The summed E-state index contributed by atoms with van der Waals surface area (Å²) in [5.41, 5.74) is 1.70. The zero-order valence-corrected chi connectivity index (χ0v) is 56.6. The number of esters is 1. The highest BCUT2D eigenvalue weighted by molar-refractivity contribution is 7.25. The van der Waals surface area contributed by atoms with Crippen LogP contribution in [0.4, 0.5) is 0 Å². The van der Waals surface area contributed by atoms with Gasteiger partial charge in [-0.25, -0.2) is 4.79 Å². The lowest BCUT2D eigenvalue weighted by molar-refractivity contribution is -0.252. The standard InChI is InChI=1S/C61H104O13P2Si3/c1-37-33-44-28-30-45-38(2)34-43(66-45)27-25-42(62)26-29-48(72-77(15,16)59(6,7)8)57-58(74-79(19,20)61(12,13)14)56(73-78(17,18)60(9,10)11)40(4)46(69-57)23-21-22-24-53(63)71-55-41(5)54-51(68-50(55)35-49(67-44)39(37)3)36-52(76-65)47(70-54)31-32-75-64/h22,24,26,29,37,40-41,43-52,54-58H,2-3,21,23,25,27-28,30-36H2,1,4-20H3/b24-22?,29-26+/t37-,40+,41+,43+,44?,45+,46+,47-,48+,49-,50?,51+,52-,54+,55?,56+,57+,58+/m1/s1. The third kappa shape index (κ3) is 16.5. The van der Waals surface area contributed by atoms with Crippen molar-refractivity contribution in [3.63, 3.8) is 0 Å². The Kier molecular flexibility index (Phi) is 22.7. The molecule has 6 bridgehead atoms. The molecule has 5 fully saturated rings. The van der Waals surface area contributed by atoms with Crippen LogP contribution in [0.15, 0.2) is 48.6 Å². The van der Waals surface area contributed by atoms with E-state index >= 15 is 0 Å². The lowest BCUT2D eigenvalue weighted by Gasteiger charge is -2.54. The molecule has 5 saturated heterocycles. The van der Waals surface area contributed by atoms with E-state index in [1.54, 1.807) is 6.08 Å². The minimum absolute atomic E-state index is 0.00203. The third-order valence-electron chi connectivity index (χ3n) is 19.9. The van der Waals surface area contributed by atoms with E-state index in [2.05, 4.69) is 129 Å². The summed E-state index contributed by atoms with van der Waals surface area (Å²) >= 11 is 0. The summed E-state index contributed by atoms with van der Waals surface area (Å²) in [5.74, 6) is -0.705. The van der Waals surface area contributed by atoms with Crippen LogP contribution in [0, 0.1) is 17.8 Å². The molecule has 0 aliphatic carbocycles. The van der Waals surface area contributed by atoms with Crippen molar-refractivity contribution >= 4 is 53.6 Å². The number of carbonyl (C=O) groups excluding carboxylic acids is 2.